The second-order valence-corrected chi connectivity index (χ2v) is 5.44. The Labute approximate surface area is 119 Å². The van der Waals surface area contributed by atoms with Gasteiger partial charge in [0.25, 0.3) is 0 Å². The molecule has 0 radical (unpaired) electrons. The maximum atomic E-state index is 13.9. The fourth-order valence-corrected chi connectivity index (χ4v) is 1.77. The molecule has 112 valence electrons. The van der Waals surface area contributed by atoms with E-state index < -0.39 is 11.9 Å². The van der Waals surface area contributed by atoms with E-state index >= 15 is 0 Å². The van der Waals surface area contributed by atoms with Crippen LogP contribution in [0.15, 0.2) is 18.2 Å². The van der Waals surface area contributed by atoms with Crippen molar-refractivity contribution >= 4 is 11.6 Å². The third-order valence-corrected chi connectivity index (χ3v) is 2.95. The summed E-state index contributed by atoms with van der Waals surface area (Å²) in [5.74, 6) is -0.200. The van der Waals surface area contributed by atoms with E-state index in [2.05, 4.69) is 5.32 Å². The van der Waals surface area contributed by atoms with E-state index in [9.17, 15) is 14.3 Å². The van der Waals surface area contributed by atoms with Crippen molar-refractivity contribution in [2.75, 3.05) is 25.0 Å². The smallest absolute Gasteiger partial charge is 0.239 e. The molecule has 0 saturated carbocycles. The largest absolute Gasteiger partial charge is 0.389 e. The average Bonchev–Trinajstić information content (AvgIpc) is 2.35. The van der Waals surface area contributed by atoms with Crippen LogP contribution in [-0.4, -0.2) is 31.2 Å². The van der Waals surface area contributed by atoms with Gasteiger partial charge < -0.3 is 15.3 Å². The molecule has 20 heavy (non-hydrogen) atoms. The normalized spacial score (nSPS) is 12.3. The van der Waals surface area contributed by atoms with E-state index in [-0.39, 0.29) is 12.5 Å². The fraction of sp³-hybridized carbons (Fsp3) is 0.533. The Hall–Kier alpha value is -1.62. The van der Waals surface area contributed by atoms with Crippen molar-refractivity contribution in [3.63, 3.8) is 0 Å². The van der Waals surface area contributed by atoms with Crippen molar-refractivity contribution in [2.24, 2.45) is 5.92 Å². The molecule has 0 heterocycles. The molecule has 0 unspecified atom stereocenters. The van der Waals surface area contributed by atoms with Crippen molar-refractivity contribution in [1.29, 1.82) is 0 Å². The zero-order chi connectivity index (χ0) is 15.3. The Morgan fingerprint density at radius 1 is 1.40 bits per heavy atom. The number of anilines is 1. The maximum absolute atomic E-state index is 13.9. The molecule has 2 N–H and O–H groups in total. The van der Waals surface area contributed by atoms with Crippen LogP contribution >= 0.6 is 0 Å². The Bertz CT molecular complexity index is 461. The van der Waals surface area contributed by atoms with E-state index in [1.165, 1.54) is 6.07 Å². The van der Waals surface area contributed by atoms with Gasteiger partial charge in [0.1, 0.15) is 5.82 Å². The minimum atomic E-state index is -0.710. The van der Waals surface area contributed by atoms with Gasteiger partial charge in [0.05, 0.1) is 18.3 Å². The first kappa shape index (κ1) is 16.4. The molecule has 1 aromatic carbocycles. The summed E-state index contributed by atoms with van der Waals surface area (Å²) in [6.07, 6.45) is -0.710. The lowest BCUT2D eigenvalue weighted by molar-refractivity contribution is -0.119. The summed E-state index contributed by atoms with van der Waals surface area (Å²) < 4.78 is 13.9. The highest BCUT2D eigenvalue weighted by Gasteiger charge is 2.13. The van der Waals surface area contributed by atoms with Crippen LogP contribution in [0.3, 0.4) is 0 Å². The number of nitrogens with zero attached hydrogens (tertiary/aromatic N) is 1. The quantitative estimate of drug-likeness (QED) is 0.840. The lowest BCUT2D eigenvalue weighted by Gasteiger charge is -2.20. The molecule has 0 saturated heterocycles. The van der Waals surface area contributed by atoms with Crippen molar-refractivity contribution in [1.82, 2.24) is 5.32 Å². The SMILES string of the molecule is CC(C)CNC(=O)CN(C)c1ccc([C@@H](C)O)cc1F. The number of nitrogens with one attached hydrogen (secondary N) is 1. The Morgan fingerprint density at radius 2 is 2.05 bits per heavy atom. The van der Waals surface area contributed by atoms with Crippen LogP contribution in [0.1, 0.15) is 32.4 Å². The highest BCUT2D eigenvalue weighted by Crippen LogP contribution is 2.22. The van der Waals surface area contributed by atoms with Gasteiger partial charge in [-0.25, -0.2) is 4.39 Å². The lowest BCUT2D eigenvalue weighted by Crippen LogP contribution is -2.37. The van der Waals surface area contributed by atoms with Gasteiger partial charge in [0, 0.05) is 13.6 Å². The third kappa shape index (κ3) is 4.81. The van der Waals surface area contributed by atoms with Crippen LogP contribution in [0.5, 0.6) is 0 Å². The summed E-state index contributed by atoms with van der Waals surface area (Å²) in [6, 6.07) is 4.53. The topological polar surface area (TPSA) is 52.6 Å². The zero-order valence-corrected chi connectivity index (χ0v) is 12.5. The van der Waals surface area contributed by atoms with Crippen LogP contribution < -0.4 is 10.2 Å². The van der Waals surface area contributed by atoms with Gasteiger partial charge in [-0.1, -0.05) is 19.9 Å². The molecule has 5 heteroatoms. The molecule has 0 fully saturated rings. The maximum Gasteiger partial charge on any atom is 0.239 e. The minimum Gasteiger partial charge on any atom is -0.389 e. The number of amides is 1. The molecule has 4 nitrogen and oxygen atoms in total. The number of benzene rings is 1. The molecule has 0 bridgehead atoms. The Balaban J connectivity index is 2.68. The zero-order valence-electron chi connectivity index (χ0n) is 12.5. The van der Waals surface area contributed by atoms with Gasteiger partial charge in [-0.15, -0.1) is 0 Å². The molecule has 1 aromatic rings. The number of aliphatic hydroxyl groups is 1. The second kappa shape index (κ2) is 7.24. The number of halogens is 1. The molecule has 1 rings (SSSR count). The Kier molecular flexibility index (Phi) is 5.95. The van der Waals surface area contributed by atoms with E-state index in [0.29, 0.717) is 23.7 Å². The van der Waals surface area contributed by atoms with Crippen molar-refractivity contribution in [3.8, 4) is 0 Å². The number of rotatable bonds is 6. The summed E-state index contributed by atoms with van der Waals surface area (Å²) in [7, 11) is 1.66. The summed E-state index contributed by atoms with van der Waals surface area (Å²) in [4.78, 5) is 13.3. The van der Waals surface area contributed by atoms with Crippen LogP contribution in [-0.2, 0) is 4.79 Å². The van der Waals surface area contributed by atoms with Crippen molar-refractivity contribution in [3.05, 3.63) is 29.6 Å². The van der Waals surface area contributed by atoms with Crippen LogP contribution in [0.4, 0.5) is 10.1 Å². The van der Waals surface area contributed by atoms with Gasteiger partial charge in [0.15, 0.2) is 0 Å². The number of carbonyl (C=O) groups excluding carboxylic acids is 1. The van der Waals surface area contributed by atoms with Crippen molar-refractivity contribution < 1.29 is 14.3 Å². The van der Waals surface area contributed by atoms with E-state index in [1.807, 2.05) is 13.8 Å². The molecule has 0 aliphatic carbocycles. The highest BCUT2D eigenvalue weighted by atomic mass is 19.1. The van der Waals surface area contributed by atoms with Gasteiger partial charge in [-0.3, -0.25) is 4.79 Å². The highest BCUT2D eigenvalue weighted by molar-refractivity contribution is 5.81. The first-order chi connectivity index (χ1) is 9.31. The van der Waals surface area contributed by atoms with Crippen LogP contribution in [0, 0.1) is 11.7 Å². The molecule has 0 aliphatic rings. The lowest BCUT2D eigenvalue weighted by atomic mass is 10.1. The predicted octanol–water partition coefficient (Wildman–Crippen LogP) is 2.09. The second-order valence-electron chi connectivity index (χ2n) is 5.44. The molecule has 0 aliphatic heterocycles. The third-order valence-electron chi connectivity index (χ3n) is 2.95. The monoisotopic (exact) mass is 282 g/mol. The first-order valence-corrected chi connectivity index (χ1v) is 6.76. The molecule has 1 atom stereocenters. The molecule has 0 aromatic heterocycles. The Morgan fingerprint density at radius 3 is 2.55 bits per heavy atom. The number of aliphatic hydroxyl groups excluding tert-OH is 1. The summed E-state index contributed by atoms with van der Waals surface area (Å²) in [5.41, 5.74) is 0.859. The molecule has 0 spiro atoms. The standard InChI is InChI=1S/C15H23FN2O2/c1-10(2)8-17-15(20)9-18(4)14-6-5-12(11(3)19)7-13(14)16/h5-7,10-11,19H,8-9H2,1-4H3,(H,17,20)/t11-/m1/s1. The number of carbonyl (C=O) groups is 1. The fourth-order valence-electron chi connectivity index (χ4n) is 1.77. The van der Waals surface area contributed by atoms with Crippen LogP contribution in [0.2, 0.25) is 0 Å². The predicted molar refractivity (Wildman–Crippen MR) is 78.2 cm³/mol. The summed E-state index contributed by atoms with van der Waals surface area (Å²) in [5, 5.41) is 12.2. The summed E-state index contributed by atoms with van der Waals surface area (Å²) in [6.45, 7) is 6.31. The van der Waals surface area contributed by atoms with Crippen LogP contribution in [0.25, 0.3) is 0 Å². The molecular formula is C15H23FN2O2. The van der Waals surface area contributed by atoms with E-state index in [1.54, 1.807) is 31.0 Å². The van der Waals surface area contributed by atoms with E-state index in [0.717, 1.165) is 0 Å². The molecule has 1 amide bonds. The van der Waals surface area contributed by atoms with Gasteiger partial charge in [0.2, 0.25) is 5.91 Å². The van der Waals surface area contributed by atoms with Gasteiger partial charge in [-0.2, -0.15) is 0 Å². The number of likely N-dealkylation sites (N-methyl/N-ethyl adjacent to an activating group) is 1. The summed E-state index contributed by atoms with van der Waals surface area (Å²) >= 11 is 0. The minimum absolute atomic E-state index is 0.0949. The van der Waals surface area contributed by atoms with E-state index in [4.69, 9.17) is 0 Å². The number of hydrogen-bond donors (Lipinski definition) is 2. The first-order valence-electron chi connectivity index (χ1n) is 6.76. The number of hydrogen-bond acceptors (Lipinski definition) is 3. The van der Waals surface area contributed by atoms with Gasteiger partial charge >= 0.3 is 0 Å². The average molecular weight is 282 g/mol. The molecular weight excluding hydrogens is 259 g/mol. The van der Waals surface area contributed by atoms with Gasteiger partial charge in [-0.05, 0) is 30.5 Å². The van der Waals surface area contributed by atoms with Crippen molar-refractivity contribution in [2.45, 2.75) is 26.9 Å².